The van der Waals surface area contributed by atoms with Crippen molar-refractivity contribution in [3.8, 4) is 6.01 Å². The summed E-state index contributed by atoms with van der Waals surface area (Å²) in [5.41, 5.74) is 1.12. The van der Waals surface area contributed by atoms with E-state index >= 15 is 0 Å². The Balaban J connectivity index is 1.53. The van der Waals surface area contributed by atoms with Crippen LogP contribution in [0.5, 0.6) is 6.01 Å². The summed E-state index contributed by atoms with van der Waals surface area (Å²) in [5, 5.41) is 0. The van der Waals surface area contributed by atoms with Gasteiger partial charge in [0.05, 0.1) is 0 Å². The molecule has 1 aromatic carbocycles. The second kappa shape index (κ2) is 7.00. The summed E-state index contributed by atoms with van der Waals surface area (Å²) in [6, 6.07) is 4.36. The molecule has 0 spiro atoms. The molecule has 6 heteroatoms. The molecule has 1 aliphatic rings. The van der Waals surface area contributed by atoms with E-state index in [1.165, 1.54) is 18.2 Å². The molecular weight excluding hydrogens is 300 g/mol. The number of aryl methyl sites for hydroxylation is 1. The number of nitrogens with zero attached hydrogens (tertiary/aromatic N) is 3. The fourth-order valence-corrected chi connectivity index (χ4v) is 2.68. The molecule has 1 aliphatic heterocycles. The molecule has 0 N–H and O–H groups in total. The van der Waals surface area contributed by atoms with Crippen molar-refractivity contribution in [1.82, 2.24) is 14.9 Å². The van der Waals surface area contributed by atoms with Gasteiger partial charge in [-0.1, -0.05) is 6.07 Å². The minimum absolute atomic E-state index is 0.0411. The van der Waals surface area contributed by atoms with Gasteiger partial charge in [0.15, 0.2) is 0 Å². The smallest absolute Gasteiger partial charge is 0.316 e. The molecule has 0 amide bonds. The molecule has 122 valence electrons. The van der Waals surface area contributed by atoms with Crippen LogP contribution in [-0.4, -0.2) is 34.1 Å². The van der Waals surface area contributed by atoms with Gasteiger partial charge in [-0.2, -0.15) is 0 Å². The van der Waals surface area contributed by atoms with Gasteiger partial charge in [-0.15, -0.1) is 0 Å². The number of aromatic nitrogens is 2. The number of hydrogen-bond acceptors (Lipinski definition) is 4. The summed E-state index contributed by atoms with van der Waals surface area (Å²) in [6.07, 6.45) is 5.05. The highest BCUT2D eigenvalue weighted by molar-refractivity contribution is 5.19. The molecule has 0 saturated carbocycles. The van der Waals surface area contributed by atoms with Crippen LogP contribution in [0.25, 0.3) is 0 Å². The van der Waals surface area contributed by atoms with E-state index in [-0.39, 0.29) is 18.2 Å². The van der Waals surface area contributed by atoms with Gasteiger partial charge in [-0.05, 0) is 37.5 Å². The van der Waals surface area contributed by atoms with Crippen LogP contribution in [0.2, 0.25) is 0 Å². The fourth-order valence-electron chi connectivity index (χ4n) is 2.68. The van der Waals surface area contributed by atoms with Crippen molar-refractivity contribution in [3.63, 3.8) is 0 Å². The van der Waals surface area contributed by atoms with Crippen LogP contribution < -0.4 is 4.74 Å². The quantitative estimate of drug-likeness (QED) is 0.868. The predicted octanol–water partition coefficient (Wildman–Crippen LogP) is 3.11. The standard InChI is InChI=1S/C17H19F2N3O/c1-12-9-20-17(21-10-12)23-13-5-7-22(8-6-13)11-14-15(18)3-2-4-16(14)19/h2-4,9-10,13H,5-8,11H2,1H3. The highest BCUT2D eigenvalue weighted by atomic mass is 19.1. The number of benzene rings is 1. The van der Waals surface area contributed by atoms with Gasteiger partial charge >= 0.3 is 6.01 Å². The zero-order chi connectivity index (χ0) is 16.2. The lowest BCUT2D eigenvalue weighted by molar-refractivity contribution is 0.0881. The molecule has 0 bridgehead atoms. The summed E-state index contributed by atoms with van der Waals surface area (Å²) >= 11 is 0. The van der Waals surface area contributed by atoms with Crippen LogP contribution in [0.15, 0.2) is 30.6 Å². The molecule has 0 radical (unpaired) electrons. The first-order valence-electron chi connectivity index (χ1n) is 7.72. The number of piperidine rings is 1. The molecule has 1 aromatic heterocycles. The highest BCUT2D eigenvalue weighted by Gasteiger charge is 2.23. The zero-order valence-electron chi connectivity index (χ0n) is 13.0. The van der Waals surface area contributed by atoms with Crippen LogP contribution in [0.4, 0.5) is 8.78 Å². The van der Waals surface area contributed by atoms with Crippen molar-refractivity contribution in [2.75, 3.05) is 13.1 Å². The summed E-state index contributed by atoms with van der Waals surface area (Å²) in [6.45, 7) is 3.66. The highest BCUT2D eigenvalue weighted by Crippen LogP contribution is 2.20. The fraction of sp³-hybridized carbons (Fsp3) is 0.412. The molecule has 2 heterocycles. The van der Waals surface area contributed by atoms with Crippen molar-refractivity contribution in [1.29, 1.82) is 0 Å². The largest absolute Gasteiger partial charge is 0.460 e. The Morgan fingerprint density at radius 3 is 2.35 bits per heavy atom. The molecule has 1 fully saturated rings. The van der Waals surface area contributed by atoms with Gasteiger partial charge in [-0.25, -0.2) is 18.7 Å². The lowest BCUT2D eigenvalue weighted by Crippen LogP contribution is -2.38. The lowest BCUT2D eigenvalue weighted by atomic mass is 10.1. The number of hydrogen-bond donors (Lipinski definition) is 0. The molecule has 1 saturated heterocycles. The summed E-state index contributed by atoms with van der Waals surface area (Å²) in [4.78, 5) is 10.3. The van der Waals surface area contributed by atoms with Crippen molar-refractivity contribution in [2.45, 2.75) is 32.4 Å². The number of ether oxygens (including phenoxy) is 1. The maximum atomic E-state index is 13.7. The third-order valence-corrected chi connectivity index (χ3v) is 4.01. The van der Waals surface area contributed by atoms with Crippen molar-refractivity contribution >= 4 is 0 Å². The monoisotopic (exact) mass is 319 g/mol. The minimum atomic E-state index is -0.489. The van der Waals surface area contributed by atoms with E-state index in [1.807, 2.05) is 11.8 Å². The van der Waals surface area contributed by atoms with Gasteiger partial charge in [-0.3, -0.25) is 4.90 Å². The van der Waals surface area contributed by atoms with E-state index in [1.54, 1.807) is 12.4 Å². The SMILES string of the molecule is Cc1cnc(OC2CCN(Cc3c(F)cccc3F)CC2)nc1. The van der Waals surface area contributed by atoms with E-state index in [0.717, 1.165) is 31.5 Å². The van der Waals surface area contributed by atoms with Crippen LogP contribution in [-0.2, 0) is 6.54 Å². The maximum absolute atomic E-state index is 13.7. The Labute approximate surface area is 134 Å². The number of rotatable bonds is 4. The maximum Gasteiger partial charge on any atom is 0.316 e. The van der Waals surface area contributed by atoms with Gasteiger partial charge in [0.2, 0.25) is 0 Å². The van der Waals surface area contributed by atoms with E-state index in [2.05, 4.69) is 9.97 Å². The average molecular weight is 319 g/mol. The number of halogens is 2. The molecule has 0 unspecified atom stereocenters. The summed E-state index contributed by atoms with van der Waals surface area (Å²) in [5.74, 6) is -0.979. The average Bonchev–Trinajstić information content (AvgIpc) is 2.55. The lowest BCUT2D eigenvalue weighted by Gasteiger charge is -2.31. The molecule has 3 rings (SSSR count). The zero-order valence-corrected chi connectivity index (χ0v) is 13.0. The van der Waals surface area contributed by atoms with Crippen molar-refractivity contribution < 1.29 is 13.5 Å². The Morgan fingerprint density at radius 2 is 1.74 bits per heavy atom. The second-order valence-corrected chi connectivity index (χ2v) is 5.84. The summed E-state index contributed by atoms with van der Waals surface area (Å²) < 4.78 is 33.1. The summed E-state index contributed by atoms with van der Waals surface area (Å²) in [7, 11) is 0. The first-order valence-corrected chi connectivity index (χ1v) is 7.72. The van der Waals surface area contributed by atoms with Gasteiger partial charge in [0.1, 0.15) is 17.7 Å². The van der Waals surface area contributed by atoms with Gasteiger partial charge < -0.3 is 4.74 Å². The predicted molar refractivity (Wildman–Crippen MR) is 82.1 cm³/mol. The second-order valence-electron chi connectivity index (χ2n) is 5.84. The molecule has 23 heavy (non-hydrogen) atoms. The Kier molecular flexibility index (Phi) is 4.81. The molecule has 0 atom stereocenters. The molecule has 4 nitrogen and oxygen atoms in total. The Hall–Kier alpha value is -2.08. The van der Waals surface area contributed by atoms with E-state index in [4.69, 9.17) is 4.74 Å². The van der Waals surface area contributed by atoms with Crippen molar-refractivity contribution in [2.24, 2.45) is 0 Å². The minimum Gasteiger partial charge on any atom is -0.460 e. The molecule has 0 aliphatic carbocycles. The van der Waals surface area contributed by atoms with Crippen LogP contribution in [0.3, 0.4) is 0 Å². The topological polar surface area (TPSA) is 38.2 Å². The van der Waals surface area contributed by atoms with Crippen LogP contribution in [0.1, 0.15) is 24.0 Å². The third-order valence-electron chi connectivity index (χ3n) is 4.01. The normalized spacial score (nSPS) is 16.5. The Morgan fingerprint density at radius 1 is 1.13 bits per heavy atom. The van der Waals surface area contributed by atoms with Gasteiger partial charge in [0, 0.05) is 37.6 Å². The first kappa shape index (κ1) is 15.8. The van der Waals surface area contributed by atoms with Crippen molar-refractivity contribution in [3.05, 3.63) is 53.4 Å². The van der Waals surface area contributed by atoms with E-state index in [0.29, 0.717) is 6.01 Å². The number of likely N-dealkylation sites (tertiary alicyclic amines) is 1. The Bertz CT molecular complexity index is 635. The van der Waals surface area contributed by atoms with Crippen LogP contribution in [0, 0.1) is 18.6 Å². The molecule has 2 aromatic rings. The van der Waals surface area contributed by atoms with E-state index < -0.39 is 11.6 Å². The van der Waals surface area contributed by atoms with Gasteiger partial charge in [0.25, 0.3) is 0 Å². The first-order chi connectivity index (χ1) is 11.1. The third kappa shape index (κ3) is 4.01. The molecular formula is C17H19F2N3O. The van der Waals surface area contributed by atoms with Crippen LogP contribution >= 0.6 is 0 Å². The van der Waals surface area contributed by atoms with E-state index in [9.17, 15) is 8.78 Å².